The van der Waals surface area contributed by atoms with E-state index in [9.17, 15) is 0 Å². The Balaban J connectivity index is 1.12. The number of aromatic nitrogens is 1. The molecule has 11 aromatic rings. The van der Waals surface area contributed by atoms with Crippen molar-refractivity contribution in [3.8, 4) is 16.8 Å². The van der Waals surface area contributed by atoms with Gasteiger partial charge in [0.2, 0.25) is 0 Å². The van der Waals surface area contributed by atoms with Crippen molar-refractivity contribution in [2.75, 3.05) is 9.80 Å². The molecular weight excluding hydrogens is 723 g/mol. The highest BCUT2D eigenvalue weighted by molar-refractivity contribution is 7.25. The molecule has 0 saturated heterocycles. The molecule has 0 spiro atoms. The van der Waals surface area contributed by atoms with Gasteiger partial charge in [-0.25, -0.2) is 0 Å². The first-order chi connectivity index (χ1) is 28.8. The Hall–Kier alpha value is -7.40. The van der Waals surface area contributed by atoms with Crippen LogP contribution < -0.4 is 9.80 Å². The third kappa shape index (κ3) is 5.90. The van der Waals surface area contributed by atoms with Gasteiger partial charge in [0.15, 0.2) is 0 Å². The van der Waals surface area contributed by atoms with Crippen molar-refractivity contribution in [3.05, 3.63) is 224 Å². The molecule has 58 heavy (non-hydrogen) atoms. The van der Waals surface area contributed by atoms with E-state index in [1.54, 1.807) is 0 Å². The molecule has 3 nitrogen and oxygen atoms in total. The van der Waals surface area contributed by atoms with E-state index in [1.807, 2.05) is 11.3 Å². The minimum atomic E-state index is 1.09. The highest BCUT2D eigenvalue weighted by Crippen LogP contribution is 2.44. The quantitative estimate of drug-likeness (QED) is 0.153. The molecular formula is C54H37N3S. The lowest BCUT2D eigenvalue weighted by molar-refractivity contribution is 1.17. The first-order valence-electron chi connectivity index (χ1n) is 19.7. The van der Waals surface area contributed by atoms with Crippen LogP contribution in [-0.2, 0) is 0 Å². The van der Waals surface area contributed by atoms with Gasteiger partial charge in [-0.3, -0.25) is 0 Å². The van der Waals surface area contributed by atoms with Gasteiger partial charge in [0.1, 0.15) is 0 Å². The number of hydrogen-bond acceptors (Lipinski definition) is 3. The Morgan fingerprint density at radius 2 is 0.793 bits per heavy atom. The fourth-order valence-electron chi connectivity index (χ4n) is 8.47. The topological polar surface area (TPSA) is 11.4 Å². The molecule has 9 aromatic carbocycles. The molecule has 2 aromatic heterocycles. The largest absolute Gasteiger partial charge is 0.310 e. The Bertz CT molecular complexity index is 3170. The molecule has 0 atom stereocenters. The van der Waals surface area contributed by atoms with Crippen LogP contribution in [0, 0.1) is 0 Å². The molecule has 0 fully saturated rings. The third-order valence-electron chi connectivity index (χ3n) is 11.1. The summed E-state index contributed by atoms with van der Waals surface area (Å²) in [6.45, 7) is 0. The van der Waals surface area contributed by atoms with E-state index in [1.165, 1.54) is 47.6 Å². The first-order valence-corrected chi connectivity index (χ1v) is 20.5. The molecule has 4 heteroatoms. The molecule has 11 rings (SSSR count). The second-order valence-electron chi connectivity index (χ2n) is 14.6. The van der Waals surface area contributed by atoms with Gasteiger partial charge >= 0.3 is 0 Å². The average Bonchev–Trinajstić information content (AvgIpc) is 3.82. The monoisotopic (exact) mass is 759 g/mol. The summed E-state index contributed by atoms with van der Waals surface area (Å²) in [5, 5.41) is 5.03. The van der Waals surface area contributed by atoms with E-state index in [2.05, 4.69) is 239 Å². The maximum Gasteiger partial charge on any atom is 0.0548 e. The molecule has 0 aliphatic heterocycles. The second kappa shape index (κ2) is 14.3. The summed E-state index contributed by atoms with van der Waals surface area (Å²) in [6.07, 6.45) is 0. The van der Waals surface area contributed by atoms with Gasteiger partial charge in [-0.15, -0.1) is 11.3 Å². The second-order valence-corrected chi connectivity index (χ2v) is 15.7. The number of rotatable bonds is 8. The SMILES string of the molecule is c1ccc(-c2ccc(N(c3ccccc3)c3cccc(-n4c5ccc(N(c6ccccc6)c6ccccc6)cc5c5cc6sc7ccccc7c6cc54)c3)cc2)cc1. The van der Waals surface area contributed by atoms with Gasteiger partial charge in [-0.2, -0.15) is 0 Å². The van der Waals surface area contributed by atoms with Crippen molar-refractivity contribution in [2.45, 2.75) is 0 Å². The van der Waals surface area contributed by atoms with Gasteiger partial charge < -0.3 is 14.4 Å². The summed E-state index contributed by atoms with van der Waals surface area (Å²) in [4.78, 5) is 4.70. The van der Waals surface area contributed by atoms with Gasteiger partial charge in [0.25, 0.3) is 0 Å². The van der Waals surface area contributed by atoms with Gasteiger partial charge in [0, 0.05) is 70.8 Å². The van der Waals surface area contributed by atoms with Crippen LogP contribution in [0.3, 0.4) is 0 Å². The molecule has 274 valence electrons. The van der Waals surface area contributed by atoms with Gasteiger partial charge in [-0.1, -0.05) is 121 Å². The maximum atomic E-state index is 2.46. The number of para-hydroxylation sites is 3. The lowest BCUT2D eigenvalue weighted by atomic mass is 10.0. The molecule has 0 saturated carbocycles. The van der Waals surface area contributed by atoms with Gasteiger partial charge in [-0.05, 0) is 114 Å². The predicted molar refractivity (Wildman–Crippen MR) is 248 cm³/mol. The van der Waals surface area contributed by atoms with E-state index >= 15 is 0 Å². The molecule has 0 aliphatic rings. The predicted octanol–water partition coefficient (Wildman–Crippen LogP) is 15.8. The highest BCUT2D eigenvalue weighted by Gasteiger charge is 2.20. The number of hydrogen-bond donors (Lipinski definition) is 0. The summed E-state index contributed by atoms with van der Waals surface area (Å²) >= 11 is 1.87. The lowest BCUT2D eigenvalue weighted by Gasteiger charge is -2.26. The van der Waals surface area contributed by atoms with Crippen LogP contribution in [0.2, 0.25) is 0 Å². The van der Waals surface area contributed by atoms with E-state index in [4.69, 9.17) is 0 Å². The normalized spacial score (nSPS) is 11.4. The number of anilines is 6. The standard InChI is InChI=1S/C54H37N3S/c1-5-16-38(17-6-1)39-28-30-43(31-29-39)56(42-22-11-4-12-23-42)44-24-15-25-45(34-44)57-51-33-32-46(55(40-18-7-2-8-19-40)41-20-9-3-10-21-41)35-48(51)49-37-54-50(36-52(49)57)47-26-13-14-27-53(47)58-54/h1-37H. The van der Waals surface area contributed by atoms with Crippen LogP contribution in [0.25, 0.3) is 58.8 Å². The summed E-state index contributed by atoms with van der Waals surface area (Å²) in [6, 6.07) is 81.0. The summed E-state index contributed by atoms with van der Waals surface area (Å²) in [7, 11) is 0. The van der Waals surface area contributed by atoms with E-state index in [0.717, 1.165) is 45.3 Å². The zero-order chi connectivity index (χ0) is 38.4. The Morgan fingerprint density at radius 1 is 0.293 bits per heavy atom. The van der Waals surface area contributed by atoms with Crippen molar-refractivity contribution in [1.29, 1.82) is 0 Å². The van der Waals surface area contributed by atoms with Crippen molar-refractivity contribution >= 4 is 87.4 Å². The zero-order valence-corrected chi connectivity index (χ0v) is 32.4. The molecule has 0 aliphatic carbocycles. The lowest BCUT2D eigenvalue weighted by Crippen LogP contribution is -2.10. The average molecular weight is 760 g/mol. The Labute approximate surface area is 341 Å². The van der Waals surface area contributed by atoms with E-state index in [0.29, 0.717) is 0 Å². The molecule has 0 bridgehead atoms. The first kappa shape index (κ1) is 33.9. The van der Waals surface area contributed by atoms with Crippen LogP contribution in [0.5, 0.6) is 0 Å². The van der Waals surface area contributed by atoms with E-state index < -0.39 is 0 Å². The van der Waals surface area contributed by atoms with Crippen molar-refractivity contribution < 1.29 is 0 Å². The molecule has 0 N–H and O–H groups in total. The molecule has 0 radical (unpaired) electrons. The molecule has 2 heterocycles. The van der Waals surface area contributed by atoms with Crippen LogP contribution >= 0.6 is 11.3 Å². The Kier molecular flexibility index (Phi) is 8.34. The van der Waals surface area contributed by atoms with Crippen LogP contribution in [0.1, 0.15) is 0 Å². The Morgan fingerprint density at radius 3 is 1.45 bits per heavy atom. The van der Waals surface area contributed by atoms with Crippen molar-refractivity contribution in [2.24, 2.45) is 0 Å². The minimum Gasteiger partial charge on any atom is -0.310 e. The number of thiophene rings is 1. The fraction of sp³-hybridized carbons (Fsp3) is 0. The number of benzene rings is 9. The zero-order valence-electron chi connectivity index (χ0n) is 31.6. The summed E-state index contributed by atoms with van der Waals surface area (Å²) in [5.74, 6) is 0. The third-order valence-corrected chi connectivity index (χ3v) is 12.3. The highest BCUT2D eigenvalue weighted by atomic mass is 32.1. The number of nitrogens with zero attached hydrogens (tertiary/aromatic N) is 3. The minimum absolute atomic E-state index is 1.09. The summed E-state index contributed by atoms with van der Waals surface area (Å²) < 4.78 is 5.06. The van der Waals surface area contributed by atoms with E-state index in [-0.39, 0.29) is 0 Å². The molecule has 0 unspecified atom stereocenters. The fourth-order valence-corrected chi connectivity index (χ4v) is 9.60. The van der Waals surface area contributed by atoms with Crippen LogP contribution in [0.15, 0.2) is 224 Å². The molecule has 0 amide bonds. The smallest absolute Gasteiger partial charge is 0.0548 e. The van der Waals surface area contributed by atoms with Crippen molar-refractivity contribution in [1.82, 2.24) is 4.57 Å². The van der Waals surface area contributed by atoms with Crippen LogP contribution in [-0.4, -0.2) is 4.57 Å². The van der Waals surface area contributed by atoms with Crippen molar-refractivity contribution in [3.63, 3.8) is 0 Å². The van der Waals surface area contributed by atoms with Gasteiger partial charge in [0.05, 0.1) is 11.0 Å². The summed E-state index contributed by atoms with van der Waals surface area (Å²) in [5.41, 5.74) is 12.5. The maximum absolute atomic E-state index is 2.46. The number of fused-ring (bicyclic) bond motifs is 6. The van der Waals surface area contributed by atoms with Crippen LogP contribution in [0.4, 0.5) is 34.1 Å².